The van der Waals surface area contributed by atoms with Gasteiger partial charge in [-0.1, -0.05) is 13.8 Å². The Hall–Kier alpha value is -0.610. The first-order chi connectivity index (χ1) is 5.49. The molecule has 1 atom stereocenters. The van der Waals surface area contributed by atoms with E-state index in [1.807, 2.05) is 13.8 Å². The normalized spacial score (nSPS) is 13.8. The van der Waals surface area contributed by atoms with Crippen molar-refractivity contribution in [1.82, 2.24) is 4.90 Å². The maximum Gasteiger partial charge on any atom is 0.323 e. The van der Waals surface area contributed by atoms with Crippen molar-refractivity contribution in [2.75, 3.05) is 20.2 Å². The van der Waals surface area contributed by atoms with Crippen molar-refractivity contribution < 1.29 is 15.0 Å². The van der Waals surface area contributed by atoms with Crippen LogP contribution in [0.4, 0.5) is 0 Å². The topological polar surface area (TPSA) is 60.8 Å². The molecule has 0 rings (SSSR count). The van der Waals surface area contributed by atoms with Crippen LogP contribution < -0.4 is 0 Å². The fourth-order valence-electron chi connectivity index (χ4n) is 1.11. The number of likely N-dealkylation sites (N-methyl/N-ethyl adjacent to an activating group) is 1. The lowest BCUT2D eigenvalue weighted by molar-refractivity contribution is -0.144. The number of carboxylic acid groups (broad SMARTS) is 1. The Kier molecular flexibility index (Phi) is 4.85. The van der Waals surface area contributed by atoms with E-state index in [1.54, 1.807) is 11.9 Å². The van der Waals surface area contributed by atoms with Gasteiger partial charge in [0.2, 0.25) is 0 Å². The maximum atomic E-state index is 10.6. The van der Waals surface area contributed by atoms with Crippen LogP contribution >= 0.6 is 0 Å². The molecule has 0 amide bonds. The Bertz CT molecular complexity index is 147. The molecule has 0 saturated heterocycles. The smallest absolute Gasteiger partial charge is 0.323 e. The van der Waals surface area contributed by atoms with Crippen molar-refractivity contribution in [3.8, 4) is 0 Å². The zero-order chi connectivity index (χ0) is 9.72. The van der Waals surface area contributed by atoms with Crippen LogP contribution in [-0.4, -0.2) is 47.3 Å². The number of nitrogens with zero attached hydrogens (tertiary/aromatic N) is 1. The van der Waals surface area contributed by atoms with Gasteiger partial charge in [0.05, 0.1) is 6.61 Å². The summed E-state index contributed by atoms with van der Waals surface area (Å²) in [5.41, 5.74) is 0. The average molecular weight is 175 g/mol. The largest absolute Gasteiger partial charge is 0.480 e. The Morgan fingerprint density at radius 2 is 2.00 bits per heavy atom. The summed E-state index contributed by atoms with van der Waals surface area (Å²) >= 11 is 0. The van der Waals surface area contributed by atoms with E-state index in [9.17, 15) is 4.79 Å². The summed E-state index contributed by atoms with van der Waals surface area (Å²) in [6.07, 6.45) is 0. The molecule has 2 N–H and O–H groups in total. The molecule has 72 valence electrons. The Balaban J connectivity index is 4.02. The molecule has 0 saturated carbocycles. The lowest BCUT2D eigenvalue weighted by Crippen LogP contribution is -2.42. The summed E-state index contributed by atoms with van der Waals surface area (Å²) in [4.78, 5) is 12.2. The van der Waals surface area contributed by atoms with Gasteiger partial charge in [0, 0.05) is 6.54 Å². The highest BCUT2D eigenvalue weighted by atomic mass is 16.4. The lowest BCUT2D eigenvalue weighted by atomic mass is 10.2. The molecule has 0 radical (unpaired) electrons. The molecule has 0 spiro atoms. The predicted molar refractivity (Wildman–Crippen MR) is 46.0 cm³/mol. The molecular formula is C8H17NO3. The van der Waals surface area contributed by atoms with Gasteiger partial charge in [-0.25, -0.2) is 0 Å². The fourth-order valence-corrected chi connectivity index (χ4v) is 1.11. The number of carbonyl (C=O) groups is 1. The number of carboxylic acids is 1. The predicted octanol–water partition coefficient (Wildman–Crippen LogP) is 0.0197. The molecule has 12 heavy (non-hydrogen) atoms. The molecule has 4 heteroatoms. The van der Waals surface area contributed by atoms with Crippen molar-refractivity contribution in [1.29, 1.82) is 0 Å². The fraction of sp³-hybridized carbons (Fsp3) is 0.875. The molecule has 0 aromatic heterocycles. The SMILES string of the molecule is CC(C)CN(C)[C@H](CO)C(=O)O. The number of aliphatic carboxylic acids is 1. The second kappa shape index (κ2) is 5.11. The van der Waals surface area contributed by atoms with Gasteiger partial charge in [-0.2, -0.15) is 0 Å². The second-order valence-electron chi connectivity index (χ2n) is 3.37. The first kappa shape index (κ1) is 11.4. The molecule has 4 nitrogen and oxygen atoms in total. The van der Waals surface area contributed by atoms with Crippen LogP contribution in [0.3, 0.4) is 0 Å². The Morgan fingerprint density at radius 1 is 1.50 bits per heavy atom. The van der Waals surface area contributed by atoms with Gasteiger partial charge in [-0.3, -0.25) is 9.69 Å². The maximum absolute atomic E-state index is 10.6. The van der Waals surface area contributed by atoms with Crippen molar-refractivity contribution in [3.05, 3.63) is 0 Å². The van der Waals surface area contributed by atoms with E-state index in [0.717, 1.165) is 0 Å². The van der Waals surface area contributed by atoms with Gasteiger partial charge in [0.15, 0.2) is 0 Å². The monoisotopic (exact) mass is 175 g/mol. The van der Waals surface area contributed by atoms with Gasteiger partial charge in [0.1, 0.15) is 6.04 Å². The first-order valence-electron chi connectivity index (χ1n) is 4.03. The van der Waals surface area contributed by atoms with E-state index >= 15 is 0 Å². The third-order valence-corrected chi connectivity index (χ3v) is 1.64. The summed E-state index contributed by atoms with van der Waals surface area (Å²) in [7, 11) is 1.70. The molecule has 0 aliphatic rings. The van der Waals surface area contributed by atoms with Crippen molar-refractivity contribution in [2.45, 2.75) is 19.9 Å². The minimum Gasteiger partial charge on any atom is -0.480 e. The van der Waals surface area contributed by atoms with Crippen LogP contribution in [-0.2, 0) is 4.79 Å². The van der Waals surface area contributed by atoms with Crippen LogP contribution in [0.1, 0.15) is 13.8 Å². The quantitative estimate of drug-likeness (QED) is 0.618. The van der Waals surface area contributed by atoms with E-state index < -0.39 is 12.0 Å². The number of hydrogen-bond acceptors (Lipinski definition) is 3. The second-order valence-corrected chi connectivity index (χ2v) is 3.37. The third-order valence-electron chi connectivity index (χ3n) is 1.64. The number of rotatable bonds is 5. The summed E-state index contributed by atoms with van der Waals surface area (Å²) in [6, 6.07) is -0.771. The standard InChI is InChI=1S/C8H17NO3/c1-6(2)4-9(3)7(5-10)8(11)12/h6-7,10H,4-5H2,1-3H3,(H,11,12)/t7-/m1/s1. The number of aliphatic hydroxyl groups is 1. The van der Waals surface area contributed by atoms with E-state index in [0.29, 0.717) is 12.5 Å². The van der Waals surface area contributed by atoms with Crippen LogP contribution in [0.25, 0.3) is 0 Å². The first-order valence-corrected chi connectivity index (χ1v) is 4.03. The number of aliphatic hydroxyl groups excluding tert-OH is 1. The van der Waals surface area contributed by atoms with Crippen LogP contribution in [0.5, 0.6) is 0 Å². The molecule has 0 fully saturated rings. The van der Waals surface area contributed by atoms with E-state index in [1.165, 1.54) is 0 Å². The van der Waals surface area contributed by atoms with E-state index in [-0.39, 0.29) is 6.61 Å². The molecule has 0 unspecified atom stereocenters. The van der Waals surface area contributed by atoms with E-state index in [2.05, 4.69) is 0 Å². The van der Waals surface area contributed by atoms with Crippen LogP contribution in [0.15, 0.2) is 0 Å². The van der Waals surface area contributed by atoms with Gasteiger partial charge in [-0.15, -0.1) is 0 Å². The van der Waals surface area contributed by atoms with E-state index in [4.69, 9.17) is 10.2 Å². The molecule has 0 aliphatic heterocycles. The summed E-state index contributed by atoms with van der Waals surface area (Å²) in [5.74, 6) is -0.566. The average Bonchev–Trinajstić information content (AvgIpc) is 1.85. The summed E-state index contributed by atoms with van der Waals surface area (Å²) in [5, 5.41) is 17.4. The highest BCUT2D eigenvalue weighted by Crippen LogP contribution is 2.01. The van der Waals surface area contributed by atoms with Crippen LogP contribution in [0.2, 0.25) is 0 Å². The molecule has 0 aliphatic carbocycles. The highest BCUT2D eigenvalue weighted by Gasteiger charge is 2.21. The zero-order valence-corrected chi connectivity index (χ0v) is 7.82. The molecular weight excluding hydrogens is 158 g/mol. The van der Waals surface area contributed by atoms with Crippen molar-refractivity contribution >= 4 is 5.97 Å². The van der Waals surface area contributed by atoms with Crippen molar-refractivity contribution in [3.63, 3.8) is 0 Å². The Morgan fingerprint density at radius 3 is 2.25 bits per heavy atom. The lowest BCUT2D eigenvalue weighted by Gasteiger charge is -2.24. The molecule has 0 aromatic rings. The third kappa shape index (κ3) is 3.69. The number of hydrogen-bond donors (Lipinski definition) is 2. The summed E-state index contributed by atoms with van der Waals surface area (Å²) in [6.45, 7) is 4.36. The summed E-state index contributed by atoms with van der Waals surface area (Å²) < 4.78 is 0. The molecule has 0 aromatic carbocycles. The van der Waals surface area contributed by atoms with Gasteiger partial charge < -0.3 is 10.2 Å². The minimum absolute atomic E-state index is 0.335. The van der Waals surface area contributed by atoms with Crippen molar-refractivity contribution in [2.24, 2.45) is 5.92 Å². The molecule has 0 bridgehead atoms. The van der Waals surface area contributed by atoms with Gasteiger partial charge in [0.25, 0.3) is 0 Å². The van der Waals surface area contributed by atoms with Gasteiger partial charge in [-0.05, 0) is 13.0 Å². The highest BCUT2D eigenvalue weighted by molar-refractivity contribution is 5.73. The Labute approximate surface area is 72.8 Å². The minimum atomic E-state index is -0.972. The molecule has 0 heterocycles. The van der Waals surface area contributed by atoms with Gasteiger partial charge >= 0.3 is 5.97 Å². The van der Waals surface area contributed by atoms with Crippen LogP contribution in [0, 0.1) is 5.92 Å². The zero-order valence-electron chi connectivity index (χ0n) is 7.82.